The van der Waals surface area contributed by atoms with Gasteiger partial charge in [-0.05, 0) is 55.3 Å². The van der Waals surface area contributed by atoms with E-state index in [0.29, 0.717) is 5.69 Å². The van der Waals surface area contributed by atoms with Crippen LogP contribution in [0, 0.1) is 0 Å². The molecule has 0 saturated carbocycles. The van der Waals surface area contributed by atoms with Crippen molar-refractivity contribution in [2.24, 2.45) is 0 Å². The summed E-state index contributed by atoms with van der Waals surface area (Å²) in [5, 5.41) is 10.5. The number of aliphatic hydroxyl groups is 1. The maximum Gasteiger partial charge on any atom is 0.417 e. The van der Waals surface area contributed by atoms with Gasteiger partial charge in [0.15, 0.2) is 9.84 Å². The van der Waals surface area contributed by atoms with Crippen LogP contribution in [0.3, 0.4) is 0 Å². The first-order valence-corrected chi connectivity index (χ1v) is 12.9. The lowest BCUT2D eigenvalue weighted by Gasteiger charge is -2.14. The molecule has 1 aromatic heterocycles. The Kier molecular flexibility index (Phi) is 6.57. The minimum Gasteiger partial charge on any atom is -0.384 e. The van der Waals surface area contributed by atoms with Gasteiger partial charge in [-0.3, -0.25) is 4.57 Å². The van der Waals surface area contributed by atoms with Gasteiger partial charge in [0.05, 0.1) is 21.9 Å². The quantitative estimate of drug-likeness (QED) is 0.330. The first-order valence-electron chi connectivity index (χ1n) is 11.2. The average molecular weight is 515 g/mol. The van der Waals surface area contributed by atoms with Gasteiger partial charge in [0.1, 0.15) is 11.4 Å². The summed E-state index contributed by atoms with van der Waals surface area (Å²) in [6, 6.07) is 18.8. The van der Waals surface area contributed by atoms with Crippen LogP contribution in [0.2, 0.25) is 0 Å². The van der Waals surface area contributed by atoms with Crippen molar-refractivity contribution < 1.29 is 26.7 Å². The summed E-state index contributed by atoms with van der Waals surface area (Å²) in [5.74, 6) is 0.0696. The Hall–Kier alpha value is -3.43. The summed E-state index contributed by atoms with van der Waals surface area (Å²) >= 11 is 0. The molecule has 4 rings (SSSR count). The molecule has 0 amide bonds. The molecule has 0 aliphatic heterocycles. The van der Waals surface area contributed by atoms with Gasteiger partial charge in [-0.2, -0.15) is 13.2 Å². The molecule has 9 heteroatoms. The average Bonchev–Trinajstić information content (AvgIpc) is 3.30. The first kappa shape index (κ1) is 25.7. The number of sulfone groups is 1. The Balaban J connectivity index is 1.78. The number of halogens is 3. The smallest absolute Gasteiger partial charge is 0.384 e. The van der Waals surface area contributed by atoms with E-state index < -0.39 is 27.2 Å². The van der Waals surface area contributed by atoms with Gasteiger partial charge in [-0.15, -0.1) is 0 Å². The molecule has 0 aliphatic carbocycles. The van der Waals surface area contributed by atoms with Gasteiger partial charge in [0.25, 0.3) is 0 Å². The molecule has 0 bridgehead atoms. The molecule has 0 unspecified atom stereocenters. The summed E-state index contributed by atoms with van der Waals surface area (Å²) < 4.78 is 66.9. The highest BCUT2D eigenvalue weighted by Gasteiger charge is 2.35. The Morgan fingerprint density at radius 2 is 1.44 bits per heavy atom. The molecule has 5 nitrogen and oxygen atoms in total. The Labute approximate surface area is 207 Å². The molecule has 1 N–H and O–H groups in total. The third-order valence-electron chi connectivity index (χ3n) is 5.88. The molecular weight excluding hydrogens is 489 g/mol. The fraction of sp³-hybridized carbons (Fsp3) is 0.222. The largest absolute Gasteiger partial charge is 0.417 e. The maximum atomic E-state index is 13.8. The zero-order valence-corrected chi connectivity index (χ0v) is 20.7. The van der Waals surface area contributed by atoms with Crippen LogP contribution in [0.4, 0.5) is 13.2 Å². The van der Waals surface area contributed by atoms with E-state index >= 15 is 0 Å². The third-order valence-corrected chi connectivity index (χ3v) is 7.63. The predicted molar refractivity (Wildman–Crippen MR) is 132 cm³/mol. The summed E-state index contributed by atoms with van der Waals surface area (Å²) in [6.45, 7) is 4.62. The minimum absolute atomic E-state index is 0.0123. The molecule has 36 heavy (non-hydrogen) atoms. The number of nitrogens with zero attached hydrogens (tertiary/aromatic N) is 2. The van der Waals surface area contributed by atoms with E-state index in [9.17, 15) is 26.7 Å². The van der Waals surface area contributed by atoms with Gasteiger partial charge in [-0.1, -0.05) is 49.4 Å². The van der Waals surface area contributed by atoms with Crippen molar-refractivity contribution >= 4 is 9.84 Å². The van der Waals surface area contributed by atoms with E-state index in [1.54, 1.807) is 55.5 Å². The monoisotopic (exact) mass is 514 g/mol. The van der Waals surface area contributed by atoms with E-state index in [2.05, 4.69) is 4.98 Å². The van der Waals surface area contributed by atoms with Crippen LogP contribution in [-0.4, -0.2) is 28.8 Å². The Morgan fingerprint density at radius 3 is 1.97 bits per heavy atom. The van der Waals surface area contributed by atoms with Crippen molar-refractivity contribution in [3.05, 3.63) is 90.3 Å². The topological polar surface area (TPSA) is 72.2 Å². The molecule has 1 heterocycles. The fourth-order valence-corrected chi connectivity index (χ4v) is 4.71. The van der Waals surface area contributed by atoms with Crippen LogP contribution >= 0.6 is 0 Å². The number of aromatic nitrogens is 2. The van der Waals surface area contributed by atoms with Gasteiger partial charge >= 0.3 is 6.18 Å². The standard InChI is InChI=1S/C27H25F3N2O3S/c1-4-36(34,35)21-15-11-19(12-16-21)18-9-13-20(14-10-18)32-17-24(26(2,3)33)31-25(32)22-7-5-6-8-23(22)27(28,29)30/h5-17,33H,4H2,1-3H3. The van der Waals surface area contributed by atoms with E-state index in [0.717, 1.165) is 17.2 Å². The third kappa shape index (κ3) is 5.08. The molecule has 0 aliphatic rings. The lowest BCUT2D eigenvalue weighted by molar-refractivity contribution is -0.137. The van der Waals surface area contributed by atoms with Gasteiger partial charge in [0.2, 0.25) is 0 Å². The number of hydrogen-bond donors (Lipinski definition) is 1. The number of hydrogen-bond acceptors (Lipinski definition) is 4. The molecule has 0 atom stereocenters. The van der Waals surface area contributed by atoms with Crippen molar-refractivity contribution in [2.75, 3.05) is 5.75 Å². The molecule has 188 valence electrons. The van der Waals surface area contributed by atoms with Crippen molar-refractivity contribution in [2.45, 2.75) is 37.4 Å². The summed E-state index contributed by atoms with van der Waals surface area (Å²) in [4.78, 5) is 4.63. The lowest BCUT2D eigenvalue weighted by atomic mass is 10.0. The van der Waals surface area contributed by atoms with Crippen LogP contribution in [0.15, 0.2) is 83.9 Å². The molecule has 0 saturated heterocycles. The molecule has 0 radical (unpaired) electrons. The van der Waals surface area contributed by atoms with Gasteiger partial charge in [-0.25, -0.2) is 13.4 Å². The highest BCUT2D eigenvalue weighted by molar-refractivity contribution is 7.91. The zero-order chi connectivity index (χ0) is 26.3. The lowest BCUT2D eigenvalue weighted by Crippen LogP contribution is -2.15. The predicted octanol–water partition coefficient (Wildman–Crippen LogP) is 6.25. The highest BCUT2D eigenvalue weighted by Crippen LogP contribution is 2.38. The number of benzene rings is 3. The molecule has 0 spiro atoms. The first-order chi connectivity index (χ1) is 16.8. The summed E-state index contributed by atoms with van der Waals surface area (Å²) in [6.07, 6.45) is -3.05. The van der Waals surface area contributed by atoms with E-state index in [-0.39, 0.29) is 27.7 Å². The summed E-state index contributed by atoms with van der Waals surface area (Å²) in [5.41, 5.74) is 0.0925. The highest BCUT2D eigenvalue weighted by atomic mass is 32.2. The molecular formula is C27H25F3N2O3S. The van der Waals surface area contributed by atoms with E-state index in [4.69, 9.17) is 0 Å². The SMILES string of the molecule is CCS(=O)(=O)c1ccc(-c2ccc(-n3cc(C(C)(C)O)nc3-c3ccccc3C(F)(F)F)cc2)cc1. The van der Waals surface area contributed by atoms with E-state index in [1.807, 2.05) is 0 Å². The fourth-order valence-electron chi connectivity index (χ4n) is 3.82. The Bertz CT molecular complexity index is 1480. The van der Waals surface area contributed by atoms with Crippen LogP contribution in [0.1, 0.15) is 32.0 Å². The second-order valence-corrected chi connectivity index (χ2v) is 11.2. The van der Waals surface area contributed by atoms with Crippen LogP contribution in [0.5, 0.6) is 0 Å². The van der Waals surface area contributed by atoms with E-state index in [1.165, 1.54) is 42.8 Å². The van der Waals surface area contributed by atoms with Crippen molar-refractivity contribution in [3.63, 3.8) is 0 Å². The van der Waals surface area contributed by atoms with Gasteiger partial charge in [0, 0.05) is 17.4 Å². The normalized spacial score (nSPS) is 12.6. The second kappa shape index (κ2) is 9.22. The molecule has 0 fully saturated rings. The number of imidazole rings is 1. The summed E-state index contributed by atoms with van der Waals surface area (Å²) in [7, 11) is -3.31. The van der Waals surface area contributed by atoms with Gasteiger partial charge < -0.3 is 5.11 Å². The minimum atomic E-state index is -4.58. The number of rotatable bonds is 6. The van der Waals surface area contributed by atoms with Crippen molar-refractivity contribution in [3.8, 4) is 28.2 Å². The molecule has 4 aromatic rings. The maximum absolute atomic E-state index is 13.8. The van der Waals surface area contributed by atoms with Crippen LogP contribution < -0.4 is 0 Å². The van der Waals surface area contributed by atoms with Crippen molar-refractivity contribution in [1.29, 1.82) is 0 Å². The van der Waals surface area contributed by atoms with Crippen LogP contribution in [-0.2, 0) is 21.6 Å². The Morgan fingerprint density at radius 1 is 0.889 bits per heavy atom. The van der Waals surface area contributed by atoms with Crippen LogP contribution in [0.25, 0.3) is 28.2 Å². The number of alkyl halides is 3. The van der Waals surface area contributed by atoms with Crippen molar-refractivity contribution in [1.82, 2.24) is 9.55 Å². The molecule has 3 aromatic carbocycles. The zero-order valence-electron chi connectivity index (χ0n) is 19.9. The second-order valence-electron chi connectivity index (χ2n) is 8.90.